The zero-order valence-electron chi connectivity index (χ0n) is 9.73. The third-order valence-corrected chi connectivity index (χ3v) is 4.59. The maximum Gasteiger partial charge on any atom is 0.142 e. The Morgan fingerprint density at radius 3 is 2.62 bits per heavy atom. The molecule has 1 nitrogen and oxygen atoms in total. The van der Waals surface area contributed by atoms with Crippen LogP contribution in [0.5, 0.6) is 0 Å². The molecule has 0 unspecified atom stereocenters. The lowest BCUT2D eigenvalue weighted by Crippen LogP contribution is -2.42. The van der Waals surface area contributed by atoms with Crippen molar-refractivity contribution in [3.63, 3.8) is 0 Å². The van der Waals surface area contributed by atoms with E-state index >= 15 is 0 Å². The Hall–Kier alpha value is -0.120. The molecule has 0 aliphatic heterocycles. The number of rotatable bonds is 4. The highest BCUT2D eigenvalue weighted by atomic mass is 79.9. The molecule has 0 aliphatic rings. The summed E-state index contributed by atoms with van der Waals surface area (Å²) in [4.78, 5) is 2.14. The first-order chi connectivity index (χ1) is 7.38. The predicted molar refractivity (Wildman–Crippen MR) is 70.8 cm³/mol. The van der Waals surface area contributed by atoms with Crippen LogP contribution in [0.2, 0.25) is 5.02 Å². The molecular formula is C12H16BrClFN. The molecule has 0 saturated heterocycles. The van der Waals surface area contributed by atoms with Crippen LogP contribution in [0.3, 0.4) is 0 Å². The van der Waals surface area contributed by atoms with Crippen molar-refractivity contribution >= 4 is 27.5 Å². The van der Waals surface area contributed by atoms with E-state index in [1.807, 2.05) is 13.1 Å². The fourth-order valence-corrected chi connectivity index (χ4v) is 1.86. The zero-order valence-corrected chi connectivity index (χ0v) is 12.1. The Morgan fingerprint density at radius 2 is 2.06 bits per heavy atom. The lowest BCUT2D eigenvalue weighted by atomic mass is 10.1. The molecule has 90 valence electrons. The average Bonchev–Trinajstić information content (AvgIpc) is 2.24. The van der Waals surface area contributed by atoms with E-state index in [1.54, 1.807) is 6.07 Å². The summed E-state index contributed by atoms with van der Waals surface area (Å²) < 4.78 is 13.2. The van der Waals surface area contributed by atoms with Gasteiger partial charge in [0, 0.05) is 17.4 Å². The van der Waals surface area contributed by atoms with Gasteiger partial charge in [0.2, 0.25) is 0 Å². The van der Waals surface area contributed by atoms with Crippen LogP contribution in [-0.4, -0.2) is 22.8 Å². The minimum absolute atomic E-state index is 0.00957. The fourth-order valence-electron chi connectivity index (χ4n) is 1.24. The number of hydrogen-bond donors (Lipinski definition) is 0. The molecule has 0 spiro atoms. The highest BCUT2D eigenvalue weighted by molar-refractivity contribution is 9.09. The third kappa shape index (κ3) is 3.19. The second kappa shape index (κ2) is 5.48. The maximum absolute atomic E-state index is 13.2. The number of benzene rings is 1. The molecule has 1 rings (SSSR count). The number of alkyl halides is 1. The lowest BCUT2D eigenvalue weighted by Gasteiger charge is -2.34. The van der Waals surface area contributed by atoms with Crippen LogP contribution in [0.4, 0.5) is 4.39 Å². The van der Waals surface area contributed by atoms with Gasteiger partial charge in [-0.1, -0.05) is 39.7 Å². The highest BCUT2D eigenvalue weighted by Crippen LogP contribution is 2.24. The molecule has 4 heteroatoms. The monoisotopic (exact) mass is 307 g/mol. The van der Waals surface area contributed by atoms with E-state index in [4.69, 9.17) is 11.6 Å². The Kier molecular flexibility index (Phi) is 4.77. The van der Waals surface area contributed by atoms with Crippen LogP contribution in [0.15, 0.2) is 18.2 Å². The van der Waals surface area contributed by atoms with Crippen molar-refractivity contribution < 1.29 is 4.39 Å². The van der Waals surface area contributed by atoms with Crippen LogP contribution in [-0.2, 0) is 6.54 Å². The van der Waals surface area contributed by atoms with E-state index in [0.717, 1.165) is 10.9 Å². The van der Waals surface area contributed by atoms with Crippen LogP contribution in [0.25, 0.3) is 0 Å². The van der Waals surface area contributed by atoms with Gasteiger partial charge in [-0.25, -0.2) is 4.39 Å². The topological polar surface area (TPSA) is 3.24 Å². The smallest absolute Gasteiger partial charge is 0.142 e. The minimum atomic E-state index is -0.357. The minimum Gasteiger partial charge on any atom is -0.296 e. The summed E-state index contributed by atoms with van der Waals surface area (Å²) in [6, 6.07) is 4.92. The third-order valence-electron chi connectivity index (χ3n) is 2.80. The molecule has 1 aromatic rings. The number of halogens is 3. The lowest BCUT2D eigenvalue weighted by molar-refractivity contribution is 0.173. The van der Waals surface area contributed by atoms with Crippen molar-refractivity contribution in [3.8, 4) is 0 Å². The summed E-state index contributed by atoms with van der Waals surface area (Å²) in [5, 5.41) is 1.07. The molecule has 16 heavy (non-hydrogen) atoms. The maximum atomic E-state index is 13.2. The summed E-state index contributed by atoms with van der Waals surface area (Å²) in [6.45, 7) is 4.87. The second-order valence-corrected chi connectivity index (χ2v) is 5.45. The molecule has 1 aromatic carbocycles. The van der Waals surface area contributed by atoms with E-state index in [-0.39, 0.29) is 16.4 Å². The first kappa shape index (κ1) is 13.9. The van der Waals surface area contributed by atoms with Crippen molar-refractivity contribution in [1.82, 2.24) is 4.90 Å². The Balaban J connectivity index is 2.85. The Labute approximate surface area is 110 Å². The largest absolute Gasteiger partial charge is 0.296 e. The molecule has 0 atom stereocenters. The van der Waals surface area contributed by atoms with Crippen molar-refractivity contribution in [2.75, 3.05) is 12.4 Å². The molecule has 0 saturated carbocycles. The van der Waals surface area contributed by atoms with E-state index in [0.29, 0.717) is 6.54 Å². The van der Waals surface area contributed by atoms with Gasteiger partial charge in [-0.2, -0.15) is 0 Å². The van der Waals surface area contributed by atoms with E-state index in [9.17, 15) is 4.39 Å². The average molecular weight is 309 g/mol. The van der Waals surface area contributed by atoms with Crippen LogP contribution >= 0.6 is 27.5 Å². The van der Waals surface area contributed by atoms with Crippen LogP contribution < -0.4 is 0 Å². The Bertz CT molecular complexity index is 368. The van der Waals surface area contributed by atoms with Gasteiger partial charge in [0.05, 0.1) is 5.02 Å². The highest BCUT2D eigenvalue weighted by Gasteiger charge is 2.22. The van der Waals surface area contributed by atoms with Crippen LogP contribution in [0.1, 0.15) is 19.4 Å². The fraction of sp³-hybridized carbons (Fsp3) is 0.500. The SMILES string of the molecule is CN(Cc1cccc(F)c1Cl)C(C)(C)CBr. The molecule has 0 heterocycles. The molecule has 0 fully saturated rings. The summed E-state index contributed by atoms with van der Waals surface area (Å²) >= 11 is 9.39. The molecule has 0 radical (unpaired) electrons. The summed E-state index contributed by atoms with van der Waals surface area (Å²) in [5.41, 5.74) is 0.827. The van der Waals surface area contributed by atoms with Crippen molar-refractivity contribution in [2.24, 2.45) is 0 Å². The first-order valence-corrected chi connectivity index (χ1v) is 6.58. The number of hydrogen-bond acceptors (Lipinski definition) is 1. The van der Waals surface area contributed by atoms with Gasteiger partial charge in [-0.3, -0.25) is 4.90 Å². The van der Waals surface area contributed by atoms with Crippen molar-refractivity contribution in [2.45, 2.75) is 25.9 Å². The predicted octanol–water partition coefficient (Wildman–Crippen LogP) is 4.08. The Morgan fingerprint density at radius 1 is 1.44 bits per heavy atom. The standard InChI is InChI=1S/C12H16BrClFN/c1-12(2,8-13)16(3)7-9-5-4-6-10(15)11(9)14/h4-6H,7-8H2,1-3H3. The van der Waals surface area contributed by atoms with E-state index < -0.39 is 0 Å². The molecule has 0 amide bonds. The van der Waals surface area contributed by atoms with E-state index in [1.165, 1.54) is 6.07 Å². The molecule has 0 aliphatic carbocycles. The zero-order chi connectivity index (χ0) is 12.3. The van der Waals surface area contributed by atoms with Crippen molar-refractivity contribution in [1.29, 1.82) is 0 Å². The van der Waals surface area contributed by atoms with Gasteiger partial charge in [0.15, 0.2) is 0 Å². The van der Waals surface area contributed by atoms with Crippen LogP contribution in [0, 0.1) is 5.82 Å². The van der Waals surface area contributed by atoms with Crippen molar-refractivity contribution in [3.05, 3.63) is 34.6 Å². The summed E-state index contributed by atoms with van der Waals surface area (Å²) in [6.07, 6.45) is 0. The first-order valence-electron chi connectivity index (χ1n) is 5.08. The summed E-state index contributed by atoms with van der Waals surface area (Å²) in [7, 11) is 2.00. The quantitative estimate of drug-likeness (QED) is 0.758. The molecule has 0 aromatic heterocycles. The summed E-state index contributed by atoms with van der Waals surface area (Å²) in [5.74, 6) is -0.357. The van der Waals surface area contributed by atoms with Gasteiger partial charge in [0.25, 0.3) is 0 Å². The van der Waals surface area contributed by atoms with Gasteiger partial charge in [-0.15, -0.1) is 0 Å². The normalized spacial score (nSPS) is 12.2. The van der Waals surface area contributed by atoms with Gasteiger partial charge < -0.3 is 0 Å². The van der Waals surface area contributed by atoms with Gasteiger partial charge in [0.1, 0.15) is 5.82 Å². The molecular weight excluding hydrogens is 292 g/mol. The van der Waals surface area contributed by atoms with E-state index in [2.05, 4.69) is 34.7 Å². The van der Waals surface area contributed by atoms with Gasteiger partial charge >= 0.3 is 0 Å². The number of nitrogens with zero attached hydrogens (tertiary/aromatic N) is 1. The molecule has 0 N–H and O–H groups in total. The molecule has 0 bridgehead atoms. The van der Waals surface area contributed by atoms with Gasteiger partial charge in [-0.05, 0) is 32.5 Å². The second-order valence-electron chi connectivity index (χ2n) is 4.52.